The minimum absolute atomic E-state index is 0.147. The van der Waals surface area contributed by atoms with Gasteiger partial charge in [-0.1, -0.05) is 49.2 Å². The van der Waals surface area contributed by atoms with Crippen LogP contribution in [0.5, 0.6) is 0 Å². The second-order valence-corrected chi connectivity index (χ2v) is 6.05. The molecule has 0 aliphatic heterocycles. The van der Waals surface area contributed by atoms with Gasteiger partial charge < -0.3 is 10.8 Å². The van der Waals surface area contributed by atoms with Crippen molar-refractivity contribution in [2.75, 3.05) is 19.7 Å². The largest absolute Gasteiger partial charge is 0.395 e. The summed E-state index contributed by atoms with van der Waals surface area (Å²) in [5.41, 5.74) is 7.15. The van der Waals surface area contributed by atoms with E-state index < -0.39 is 0 Å². The number of benzene rings is 1. The molecule has 21 heavy (non-hydrogen) atoms. The summed E-state index contributed by atoms with van der Waals surface area (Å²) in [6.07, 6.45) is 2.93. The van der Waals surface area contributed by atoms with Gasteiger partial charge in [-0.25, -0.2) is 0 Å². The van der Waals surface area contributed by atoms with Crippen LogP contribution < -0.4 is 5.73 Å². The van der Waals surface area contributed by atoms with Gasteiger partial charge in [-0.3, -0.25) is 4.90 Å². The molecule has 0 aliphatic carbocycles. The minimum atomic E-state index is -0.147. The van der Waals surface area contributed by atoms with E-state index in [-0.39, 0.29) is 12.6 Å². The van der Waals surface area contributed by atoms with Crippen LogP contribution in [-0.4, -0.2) is 35.7 Å². The van der Waals surface area contributed by atoms with Crippen LogP contribution in [0.1, 0.15) is 44.7 Å². The minimum Gasteiger partial charge on any atom is -0.395 e. The summed E-state index contributed by atoms with van der Waals surface area (Å²) in [6.45, 7) is 6.04. The Hall–Kier alpha value is -0.320. The average Bonchev–Trinajstić information content (AvgIpc) is 2.48. The molecular formula is C16H26Cl2N2O. The predicted octanol–water partition coefficient (Wildman–Crippen LogP) is 3.87. The maximum atomic E-state index is 9.23. The Kier molecular flexibility index (Phi) is 8.60. The zero-order valence-electron chi connectivity index (χ0n) is 12.9. The van der Waals surface area contributed by atoms with Crippen molar-refractivity contribution in [1.82, 2.24) is 4.90 Å². The molecule has 5 heteroatoms. The van der Waals surface area contributed by atoms with E-state index in [4.69, 9.17) is 28.9 Å². The molecular weight excluding hydrogens is 307 g/mol. The van der Waals surface area contributed by atoms with Crippen molar-refractivity contribution in [2.24, 2.45) is 5.73 Å². The van der Waals surface area contributed by atoms with Crippen molar-refractivity contribution in [3.8, 4) is 0 Å². The van der Waals surface area contributed by atoms with Gasteiger partial charge in [0.15, 0.2) is 0 Å². The van der Waals surface area contributed by atoms with Crippen LogP contribution in [0.3, 0.4) is 0 Å². The lowest BCUT2D eigenvalue weighted by Crippen LogP contribution is -2.38. The fourth-order valence-corrected chi connectivity index (χ4v) is 3.13. The van der Waals surface area contributed by atoms with Gasteiger partial charge in [0.1, 0.15) is 0 Å². The summed E-state index contributed by atoms with van der Waals surface area (Å²) in [5.74, 6) is 0. The Bertz CT molecular complexity index is 425. The fraction of sp³-hybridized carbons (Fsp3) is 0.625. The van der Waals surface area contributed by atoms with Gasteiger partial charge in [-0.2, -0.15) is 0 Å². The third kappa shape index (κ3) is 5.42. The Morgan fingerprint density at radius 3 is 2.43 bits per heavy atom. The van der Waals surface area contributed by atoms with E-state index >= 15 is 0 Å². The lowest BCUT2D eigenvalue weighted by molar-refractivity contribution is 0.139. The highest BCUT2D eigenvalue weighted by molar-refractivity contribution is 6.42. The second kappa shape index (κ2) is 9.65. The van der Waals surface area contributed by atoms with E-state index in [1.807, 2.05) is 12.1 Å². The molecule has 0 aliphatic rings. The number of aliphatic hydroxyl groups excluding tert-OH is 1. The number of aliphatic hydroxyl groups is 1. The third-order valence-electron chi connectivity index (χ3n) is 3.95. The zero-order valence-corrected chi connectivity index (χ0v) is 14.4. The fourth-order valence-electron chi connectivity index (χ4n) is 2.68. The molecule has 1 aromatic rings. The van der Waals surface area contributed by atoms with Gasteiger partial charge in [-0.15, -0.1) is 0 Å². The summed E-state index contributed by atoms with van der Waals surface area (Å²) in [7, 11) is 0. The van der Waals surface area contributed by atoms with Gasteiger partial charge in [0.05, 0.1) is 16.7 Å². The molecule has 0 bridgehead atoms. The van der Waals surface area contributed by atoms with Crippen molar-refractivity contribution >= 4 is 23.2 Å². The molecule has 1 aromatic carbocycles. The van der Waals surface area contributed by atoms with Crippen LogP contribution in [0.25, 0.3) is 0 Å². The third-order valence-corrected chi connectivity index (χ3v) is 4.79. The molecule has 1 unspecified atom stereocenters. The summed E-state index contributed by atoms with van der Waals surface area (Å²) in [6, 6.07) is 5.90. The molecule has 0 radical (unpaired) electrons. The Morgan fingerprint density at radius 1 is 1.19 bits per heavy atom. The first kappa shape index (κ1) is 18.7. The van der Waals surface area contributed by atoms with E-state index in [0.717, 1.165) is 31.4 Å². The van der Waals surface area contributed by atoms with Gasteiger partial charge >= 0.3 is 0 Å². The molecule has 0 amide bonds. The molecule has 0 saturated heterocycles. The van der Waals surface area contributed by atoms with E-state index in [2.05, 4.69) is 18.7 Å². The van der Waals surface area contributed by atoms with Crippen molar-refractivity contribution in [1.29, 1.82) is 0 Å². The van der Waals surface area contributed by atoms with E-state index in [1.54, 1.807) is 6.07 Å². The molecule has 3 N–H and O–H groups in total. The lowest BCUT2D eigenvalue weighted by Gasteiger charge is -2.30. The maximum Gasteiger partial charge on any atom is 0.0640 e. The molecule has 3 nitrogen and oxygen atoms in total. The predicted molar refractivity (Wildman–Crippen MR) is 91.0 cm³/mol. The highest BCUT2D eigenvalue weighted by Crippen LogP contribution is 2.30. The number of hydrogen-bond acceptors (Lipinski definition) is 3. The quantitative estimate of drug-likeness (QED) is 0.721. The van der Waals surface area contributed by atoms with Crippen LogP contribution in [0.15, 0.2) is 18.2 Å². The topological polar surface area (TPSA) is 49.5 Å². The summed E-state index contributed by atoms with van der Waals surface area (Å²) < 4.78 is 0. The summed E-state index contributed by atoms with van der Waals surface area (Å²) >= 11 is 12.3. The van der Waals surface area contributed by atoms with Crippen molar-refractivity contribution in [2.45, 2.75) is 45.2 Å². The zero-order chi connectivity index (χ0) is 15.8. The van der Waals surface area contributed by atoms with E-state index in [9.17, 15) is 5.11 Å². The van der Waals surface area contributed by atoms with Gasteiger partial charge in [-0.05, 0) is 30.9 Å². The average molecular weight is 333 g/mol. The normalized spacial score (nSPS) is 13.1. The lowest BCUT2D eigenvalue weighted by atomic mass is 10.0. The molecule has 1 rings (SSSR count). The Morgan fingerprint density at radius 2 is 1.86 bits per heavy atom. The van der Waals surface area contributed by atoms with Crippen LogP contribution >= 0.6 is 23.2 Å². The molecule has 0 fully saturated rings. The van der Waals surface area contributed by atoms with Crippen LogP contribution in [0.2, 0.25) is 10.0 Å². The summed E-state index contributed by atoms with van der Waals surface area (Å²) in [4.78, 5) is 2.30. The standard InChI is InChI=1S/C16H26Cl2N2O/c1-3-12(4-2)20(10-11-21)9-8-15(19)13-6-5-7-14(17)16(13)18/h5-7,12,15,21H,3-4,8-11,19H2,1-2H3. The van der Waals surface area contributed by atoms with E-state index in [0.29, 0.717) is 22.6 Å². The first-order valence-corrected chi connectivity index (χ1v) is 8.35. The number of rotatable bonds is 9. The maximum absolute atomic E-state index is 9.23. The van der Waals surface area contributed by atoms with Crippen molar-refractivity contribution in [3.05, 3.63) is 33.8 Å². The van der Waals surface area contributed by atoms with Crippen LogP contribution in [-0.2, 0) is 0 Å². The number of hydrogen-bond donors (Lipinski definition) is 2. The van der Waals surface area contributed by atoms with Crippen LogP contribution in [0.4, 0.5) is 0 Å². The van der Waals surface area contributed by atoms with Gasteiger partial charge in [0.25, 0.3) is 0 Å². The monoisotopic (exact) mass is 332 g/mol. The van der Waals surface area contributed by atoms with Gasteiger partial charge in [0, 0.05) is 25.2 Å². The number of nitrogens with zero attached hydrogens (tertiary/aromatic N) is 1. The smallest absolute Gasteiger partial charge is 0.0640 e. The Labute approximate surface area is 138 Å². The molecule has 0 saturated carbocycles. The first-order chi connectivity index (χ1) is 10.0. The highest BCUT2D eigenvalue weighted by Gasteiger charge is 2.18. The molecule has 120 valence electrons. The Balaban J connectivity index is 2.68. The highest BCUT2D eigenvalue weighted by atomic mass is 35.5. The second-order valence-electron chi connectivity index (χ2n) is 5.27. The molecule has 0 spiro atoms. The molecule has 0 heterocycles. The first-order valence-electron chi connectivity index (χ1n) is 7.59. The number of halogens is 2. The van der Waals surface area contributed by atoms with E-state index in [1.165, 1.54) is 0 Å². The van der Waals surface area contributed by atoms with Crippen molar-refractivity contribution < 1.29 is 5.11 Å². The number of nitrogens with two attached hydrogens (primary N) is 1. The van der Waals surface area contributed by atoms with Crippen molar-refractivity contribution in [3.63, 3.8) is 0 Å². The van der Waals surface area contributed by atoms with Crippen LogP contribution in [0, 0.1) is 0 Å². The molecule has 1 atom stereocenters. The summed E-state index contributed by atoms with van der Waals surface area (Å²) in [5, 5.41) is 10.3. The molecule has 0 aromatic heterocycles. The SMILES string of the molecule is CCC(CC)N(CCO)CCC(N)c1cccc(Cl)c1Cl. The van der Waals surface area contributed by atoms with Gasteiger partial charge in [0.2, 0.25) is 0 Å².